The smallest absolute Gasteiger partial charge is 0.313 e. The minimum absolute atomic E-state index is 0.0165. The maximum Gasteiger partial charge on any atom is 0.313 e. The van der Waals surface area contributed by atoms with E-state index in [1.165, 1.54) is 12.8 Å². The van der Waals surface area contributed by atoms with Crippen LogP contribution >= 0.6 is 0 Å². The van der Waals surface area contributed by atoms with E-state index in [1.807, 2.05) is 31.3 Å². The lowest BCUT2D eigenvalue weighted by Crippen LogP contribution is -2.41. The number of fused-ring (bicyclic) bond motifs is 1. The molecule has 2 atom stereocenters. The highest BCUT2D eigenvalue weighted by atomic mass is 16.4. The molecular weight excluding hydrogens is 318 g/mol. The fourth-order valence-electron chi connectivity index (χ4n) is 4.75. The summed E-state index contributed by atoms with van der Waals surface area (Å²) in [5.74, 6) is -0.810. The average Bonchev–Trinajstić information content (AvgIpc) is 3.28. The molecule has 134 valence electrons. The van der Waals surface area contributed by atoms with Crippen molar-refractivity contribution in [1.82, 2.24) is 9.80 Å². The van der Waals surface area contributed by atoms with E-state index >= 15 is 0 Å². The Labute approximate surface area is 148 Å². The van der Waals surface area contributed by atoms with Crippen molar-refractivity contribution in [1.29, 1.82) is 0 Å². The zero-order chi connectivity index (χ0) is 17.6. The summed E-state index contributed by atoms with van der Waals surface area (Å²) < 4.78 is 0. The number of amides is 1. The summed E-state index contributed by atoms with van der Waals surface area (Å²) in [6, 6.07) is 7.78. The fraction of sp³-hybridized carbons (Fsp3) is 0.579. The standard InChI is InChI=1S/C19H25N3O3/c1-20-10-15-11-22(13-19(15,12-20)18(24)25)17(23)14-4-6-16(7-5-14)21-8-2-3-9-21/h4-7,15H,2-3,8-13H2,1H3,(H,24,25)/t15-,19-/m0/s1. The minimum atomic E-state index is -0.806. The second-order valence-corrected chi connectivity index (χ2v) is 7.78. The van der Waals surface area contributed by atoms with Gasteiger partial charge >= 0.3 is 5.97 Å². The lowest BCUT2D eigenvalue weighted by atomic mass is 9.81. The fourth-order valence-corrected chi connectivity index (χ4v) is 4.75. The summed E-state index contributed by atoms with van der Waals surface area (Å²) in [5.41, 5.74) is 1.01. The number of nitrogens with zero attached hydrogens (tertiary/aromatic N) is 3. The second-order valence-electron chi connectivity index (χ2n) is 7.78. The summed E-state index contributed by atoms with van der Waals surface area (Å²) in [5, 5.41) is 9.75. The van der Waals surface area contributed by atoms with Gasteiger partial charge in [-0.3, -0.25) is 9.59 Å². The van der Waals surface area contributed by atoms with Crippen molar-refractivity contribution < 1.29 is 14.7 Å². The van der Waals surface area contributed by atoms with E-state index in [0.717, 1.165) is 25.3 Å². The Hall–Kier alpha value is -2.08. The van der Waals surface area contributed by atoms with Gasteiger partial charge in [-0.1, -0.05) is 0 Å². The molecule has 3 aliphatic heterocycles. The first-order valence-corrected chi connectivity index (χ1v) is 9.06. The van der Waals surface area contributed by atoms with Crippen LogP contribution in [0, 0.1) is 11.3 Å². The third-order valence-corrected chi connectivity index (χ3v) is 6.08. The predicted octanol–water partition coefficient (Wildman–Crippen LogP) is 1.38. The van der Waals surface area contributed by atoms with Crippen LogP contribution in [0.2, 0.25) is 0 Å². The van der Waals surface area contributed by atoms with E-state index < -0.39 is 11.4 Å². The first kappa shape index (κ1) is 16.4. The van der Waals surface area contributed by atoms with Crippen LogP contribution in [-0.2, 0) is 4.79 Å². The number of rotatable bonds is 3. The first-order valence-electron chi connectivity index (χ1n) is 9.06. The van der Waals surface area contributed by atoms with Crippen molar-refractivity contribution in [3.8, 4) is 0 Å². The number of carboxylic acid groups (broad SMARTS) is 1. The summed E-state index contributed by atoms with van der Waals surface area (Å²) in [4.78, 5) is 30.9. The van der Waals surface area contributed by atoms with Crippen molar-refractivity contribution in [3.63, 3.8) is 0 Å². The van der Waals surface area contributed by atoms with E-state index in [0.29, 0.717) is 25.2 Å². The highest BCUT2D eigenvalue weighted by Crippen LogP contribution is 2.42. The summed E-state index contributed by atoms with van der Waals surface area (Å²) in [6.45, 7) is 4.26. The zero-order valence-corrected chi connectivity index (χ0v) is 14.6. The molecule has 0 aliphatic carbocycles. The van der Waals surface area contributed by atoms with E-state index in [4.69, 9.17) is 0 Å². The zero-order valence-electron chi connectivity index (χ0n) is 14.6. The third-order valence-electron chi connectivity index (χ3n) is 6.08. The number of anilines is 1. The number of likely N-dealkylation sites (tertiary alicyclic amines) is 2. The Balaban J connectivity index is 1.49. The number of hydrogen-bond acceptors (Lipinski definition) is 4. The van der Waals surface area contributed by atoms with Crippen molar-refractivity contribution in [2.45, 2.75) is 12.8 Å². The molecule has 3 heterocycles. The largest absolute Gasteiger partial charge is 0.481 e. The van der Waals surface area contributed by atoms with E-state index in [-0.39, 0.29) is 11.8 Å². The molecule has 0 spiro atoms. The lowest BCUT2D eigenvalue weighted by Gasteiger charge is -2.24. The molecule has 3 aliphatic rings. The Morgan fingerprint density at radius 2 is 1.76 bits per heavy atom. The van der Waals surface area contributed by atoms with Crippen molar-refractivity contribution in [3.05, 3.63) is 29.8 Å². The lowest BCUT2D eigenvalue weighted by molar-refractivity contribution is -0.148. The van der Waals surface area contributed by atoms with Crippen LogP contribution in [0.5, 0.6) is 0 Å². The van der Waals surface area contributed by atoms with Crippen LogP contribution in [0.4, 0.5) is 5.69 Å². The molecular formula is C19H25N3O3. The molecule has 6 heteroatoms. The minimum Gasteiger partial charge on any atom is -0.481 e. The van der Waals surface area contributed by atoms with Gasteiger partial charge in [-0.2, -0.15) is 0 Å². The van der Waals surface area contributed by atoms with Gasteiger partial charge in [0.2, 0.25) is 0 Å². The van der Waals surface area contributed by atoms with Crippen LogP contribution in [-0.4, -0.2) is 73.1 Å². The highest BCUT2D eigenvalue weighted by molar-refractivity contribution is 5.95. The monoisotopic (exact) mass is 343 g/mol. The van der Waals surface area contributed by atoms with Crippen LogP contribution in [0.25, 0.3) is 0 Å². The topological polar surface area (TPSA) is 64.1 Å². The first-order chi connectivity index (χ1) is 12.0. The normalized spacial score (nSPS) is 29.2. The Kier molecular flexibility index (Phi) is 3.95. The van der Waals surface area contributed by atoms with E-state index in [9.17, 15) is 14.7 Å². The maximum absolute atomic E-state index is 12.9. The Bertz CT molecular complexity index is 684. The van der Waals surface area contributed by atoms with Crippen molar-refractivity contribution >= 4 is 17.6 Å². The molecule has 6 nitrogen and oxygen atoms in total. The summed E-state index contributed by atoms with van der Waals surface area (Å²) in [6.07, 6.45) is 2.45. The van der Waals surface area contributed by atoms with Gasteiger partial charge in [0, 0.05) is 56.4 Å². The molecule has 1 aromatic carbocycles. The SMILES string of the molecule is CN1C[C@H]2CN(C(=O)c3ccc(N4CCCC4)cc3)C[C@@]2(C(=O)O)C1. The number of aliphatic carboxylic acids is 1. The van der Waals surface area contributed by atoms with Gasteiger partial charge in [0.25, 0.3) is 5.91 Å². The molecule has 25 heavy (non-hydrogen) atoms. The molecule has 4 rings (SSSR count). The van der Waals surface area contributed by atoms with E-state index in [2.05, 4.69) is 9.80 Å². The molecule has 0 bridgehead atoms. The number of carbonyl (C=O) groups excluding carboxylic acids is 1. The quantitative estimate of drug-likeness (QED) is 0.898. The predicted molar refractivity (Wildman–Crippen MR) is 94.8 cm³/mol. The number of benzene rings is 1. The molecule has 0 radical (unpaired) electrons. The van der Waals surface area contributed by atoms with Crippen molar-refractivity contribution in [2.24, 2.45) is 11.3 Å². The summed E-state index contributed by atoms with van der Waals surface area (Å²) in [7, 11) is 1.95. The molecule has 3 fully saturated rings. The molecule has 0 saturated carbocycles. The van der Waals surface area contributed by atoms with Gasteiger partial charge in [0.05, 0.1) is 0 Å². The van der Waals surface area contributed by atoms with Gasteiger partial charge in [0.15, 0.2) is 0 Å². The van der Waals surface area contributed by atoms with Crippen LogP contribution in [0.3, 0.4) is 0 Å². The Morgan fingerprint density at radius 1 is 1.08 bits per heavy atom. The van der Waals surface area contributed by atoms with Crippen LogP contribution in [0.1, 0.15) is 23.2 Å². The third kappa shape index (κ3) is 2.68. The average molecular weight is 343 g/mol. The van der Waals surface area contributed by atoms with Gasteiger partial charge < -0.3 is 19.8 Å². The molecule has 0 unspecified atom stereocenters. The van der Waals surface area contributed by atoms with Gasteiger partial charge in [0.1, 0.15) is 5.41 Å². The number of carbonyl (C=O) groups is 2. The summed E-state index contributed by atoms with van der Waals surface area (Å²) >= 11 is 0. The van der Waals surface area contributed by atoms with E-state index in [1.54, 1.807) is 4.90 Å². The van der Waals surface area contributed by atoms with Crippen LogP contribution < -0.4 is 4.90 Å². The maximum atomic E-state index is 12.9. The van der Waals surface area contributed by atoms with Crippen molar-refractivity contribution in [2.75, 3.05) is 51.2 Å². The number of carboxylic acids is 1. The van der Waals surface area contributed by atoms with Gasteiger partial charge in [-0.15, -0.1) is 0 Å². The molecule has 1 N–H and O–H groups in total. The molecule has 1 aromatic rings. The second kappa shape index (κ2) is 6.02. The van der Waals surface area contributed by atoms with Gasteiger partial charge in [-0.25, -0.2) is 0 Å². The molecule has 1 amide bonds. The Morgan fingerprint density at radius 3 is 2.36 bits per heavy atom. The highest BCUT2D eigenvalue weighted by Gasteiger charge is 2.57. The number of hydrogen-bond donors (Lipinski definition) is 1. The molecule has 0 aromatic heterocycles. The molecule has 3 saturated heterocycles. The van der Waals surface area contributed by atoms with Gasteiger partial charge in [-0.05, 0) is 44.2 Å². The van der Waals surface area contributed by atoms with Crippen LogP contribution in [0.15, 0.2) is 24.3 Å².